The highest BCUT2D eigenvalue weighted by Crippen LogP contribution is 2.30. The average Bonchev–Trinajstić information content (AvgIpc) is 3.15. The fourth-order valence-electron chi connectivity index (χ4n) is 3.79. The molecule has 1 aliphatic carbocycles. The molecule has 2 aliphatic rings. The van der Waals surface area contributed by atoms with Crippen LogP contribution in [0.5, 0.6) is 0 Å². The number of imide groups is 1. The Morgan fingerprint density at radius 1 is 1.00 bits per heavy atom. The number of nitrogens with zero attached hydrogens (tertiary/aromatic N) is 2. The molecule has 0 unspecified atom stereocenters. The molecule has 0 radical (unpaired) electrons. The molecule has 10 nitrogen and oxygen atoms in total. The number of unbranched alkanes of at least 4 members (excludes halogenated alkanes) is 2. The Morgan fingerprint density at radius 2 is 1.62 bits per heavy atom. The molecule has 0 aromatic heterocycles. The van der Waals surface area contributed by atoms with Gasteiger partial charge in [-0.15, -0.1) is 0 Å². The van der Waals surface area contributed by atoms with Crippen molar-refractivity contribution in [3.63, 3.8) is 0 Å². The first-order chi connectivity index (χ1) is 16.3. The standard InChI is InChI=1S/C22H32N2O8.C2H6/c1-23(18(26)12-13-25)32-21(29)5-3-2-4-14-31-22(30)17-8-6-16(7-9-17)15-24-19(27)10-11-20(24)28;1-2/h10-11,16-17,25H,2-9,12-15H2,1H3;1-2H3. The summed E-state index contributed by atoms with van der Waals surface area (Å²) in [6, 6.07) is 0. The summed E-state index contributed by atoms with van der Waals surface area (Å²) in [7, 11) is 1.32. The van der Waals surface area contributed by atoms with Crippen LogP contribution in [0.1, 0.15) is 71.6 Å². The van der Waals surface area contributed by atoms with Crippen LogP contribution >= 0.6 is 0 Å². The maximum Gasteiger partial charge on any atom is 0.332 e. The van der Waals surface area contributed by atoms with Crippen molar-refractivity contribution in [2.24, 2.45) is 11.8 Å². The van der Waals surface area contributed by atoms with Gasteiger partial charge in [0.1, 0.15) is 0 Å². The monoisotopic (exact) mass is 482 g/mol. The fraction of sp³-hybridized carbons (Fsp3) is 0.708. The van der Waals surface area contributed by atoms with Crippen LogP contribution in [-0.4, -0.2) is 71.5 Å². The number of hydrogen-bond acceptors (Lipinski definition) is 8. The van der Waals surface area contributed by atoms with Gasteiger partial charge in [-0.3, -0.25) is 24.1 Å². The first kappa shape index (κ1) is 29.3. The van der Waals surface area contributed by atoms with Gasteiger partial charge in [-0.2, -0.15) is 5.06 Å². The first-order valence-electron chi connectivity index (χ1n) is 12.1. The lowest BCUT2D eigenvalue weighted by Crippen LogP contribution is -2.36. The number of hydroxylamine groups is 2. The largest absolute Gasteiger partial charge is 0.465 e. The van der Waals surface area contributed by atoms with Gasteiger partial charge in [0, 0.05) is 32.2 Å². The second kappa shape index (κ2) is 16.0. The molecule has 1 aliphatic heterocycles. The van der Waals surface area contributed by atoms with Crippen molar-refractivity contribution in [1.82, 2.24) is 9.96 Å². The van der Waals surface area contributed by atoms with Crippen molar-refractivity contribution < 1.29 is 38.7 Å². The van der Waals surface area contributed by atoms with Gasteiger partial charge in [-0.05, 0) is 50.9 Å². The van der Waals surface area contributed by atoms with Gasteiger partial charge < -0.3 is 14.7 Å². The normalized spacial score (nSPS) is 19.4. The third-order valence-electron chi connectivity index (χ3n) is 5.71. The number of amides is 3. The second-order valence-electron chi connectivity index (χ2n) is 8.14. The number of aliphatic hydroxyl groups excluding tert-OH is 1. The minimum atomic E-state index is -0.527. The van der Waals surface area contributed by atoms with E-state index in [1.807, 2.05) is 13.8 Å². The summed E-state index contributed by atoms with van der Waals surface area (Å²) in [5.74, 6) is -1.71. The van der Waals surface area contributed by atoms with Gasteiger partial charge in [0.25, 0.3) is 17.7 Å². The molecule has 0 aromatic carbocycles. The molecule has 10 heteroatoms. The molecule has 0 bridgehead atoms. The van der Waals surface area contributed by atoms with Crippen LogP contribution in [0, 0.1) is 11.8 Å². The summed E-state index contributed by atoms with van der Waals surface area (Å²) in [6.45, 7) is 4.38. The molecule has 1 heterocycles. The summed E-state index contributed by atoms with van der Waals surface area (Å²) in [4.78, 5) is 64.8. The molecule has 3 amide bonds. The van der Waals surface area contributed by atoms with E-state index in [2.05, 4.69) is 0 Å². The van der Waals surface area contributed by atoms with Gasteiger partial charge in [0.15, 0.2) is 0 Å². The Balaban J connectivity index is 0.00000281. The van der Waals surface area contributed by atoms with Crippen LogP contribution in [0.4, 0.5) is 0 Å². The zero-order valence-corrected chi connectivity index (χ0v) is 20.5. The smallest absolute Gasteiger partial charge is 0.332 e. The average molecular weight is 483 g/mol. The highest BCUT2D eigenvalue weighted by atomic mass is 16.7. The lowest BCUT2D eigenvalue weighted by Gasteiger charge is -2.29. The van der Waals surface area contributed by atoms with Gasteiger partial charge in [-0.1, -0.05) is 13.8 Å². The van der Waals surface area contributed by atoms with Crippen LogP contribution in [0.3, 0.4) is 0 Å². The van der Waals surface area contributed by atoms with Crippen molar-refractivity contribution in [2.45, 2.75) is 71.6 Å². The van der Waals surface area contributed by atoms with Crippen molar-refractivity contribution in [1.29, 1.82) is 0 Å². The number of carbonyl (C=O) groups excluding carboxylic acids is 5. The van der Waals surface area contributed by atoms with Crippen LogP contribution in [0.15, 0.2) is 12.2 Å². The molecule has 1 fully saturated rings. The zero-order valence-electron chi connectivity index (χ0n) is 20.5. The fourth-order valence-corrected chi connectivity index (χ4v) is 3.79. The van der Waals surface area contributed by atoms with Crippen LogP contribution in [0.2, 0.25) is 0 Å². The summed E-state index contributed by atoms with van der Waals surface area (Å²) in [5.41, 5.74) is 0. The SMILES string of the molecule is CC.CN(OC(=O)CCCCCOC(=O)C1CCC(CN2C(=O)C=CC2=O)CC1)C(=O)CCO. The van der Waals surface area contributed by atoms with Crippen LogP contribution in [-0.2, 0) is 33.5 Å². The molecule has 1 N–H and O–H groups in total. The summed E-state index contributed by atoms with van der Waals surface area (Å²) in [6.07, 6.45) is 7.37. The van der Waals surface area contributed by atoms with E-state index in [9.17, 15) is 24.0 Å². The number of ether oxygens (including phenoxy) is 1. The number of esters is 1. The van der Waals surface area contributed by atoms with Crippen molar-refractivity contribution >= 4 is 29.7 Å². The molecule has 0 spiro atoms. The summed E-state index contributed by atoms with van der Waals surface area (Å²) >= 11 is 0. The molecule has 1 saturated carbocycles. The van der Waals surface area contributed by atoms with E-state index in [0.717, 1.165) is 17.9 Å². The highest BCUT2D eigenvalue weighted by Gasteiger charge is 2.31. The number of rotatable bonds is 11. The Kier molecular flexibility index (Phi) is 13.8. The van der Waals surface area contributed by atoms with E-state index in [1.54, 1.807) is 0 Å². The highest BCUT2D eigenvalue weighted by molar-refractivity contribution is 6.12. The maximum atomic E-state index is 12.3. The quantitative estimate of drug-likeness (QED) is 0.205. The maximum absolute atomic E-state index is 12.3. The molecule has 0 aromatic rings. The minimum absolute atomic E-state index is 0.105. The summed E-state index contributed by atoms with van der Waals surface area (Å²) in [5, 5.41) is 9.52. The Labute approximate surface area is 201 Å². The van der Waals surface area contributed by atoms with Crippen LogP contribution < -0.4 is 0 Å². The van der Waals surface area contributed by atoms with Gasteiger partial charge in [0.2, 0.25) is 0 Å². The summed E-state index contributed by atoms with van der Waals surface area (Å²) < 4.78 is 5.35. The Bertz CT molecular complexity index is 710. The number of carbonyl (C=O) groups is 5. The van der Waals surface area contributed by atoms with Crippen molar-refractivity contribution in [2.75, 3.05) is 26.8 Å². The molecule has 2 rings (SSSR count). The van der Waals surface area contributed by atoms with E-state index in [4.69, 9.17) is 14.7 Å². The second-order valence-corrected chi connectivity index (χ2v) is 8.14. The topological polar surface area (TPSA) is 131 Å². The Morgan fingerprint density at radius 3 is 2.21 bits per heavy atom. The molecular weight excluding hydrogens is 444 g/mol. The lowest BCUT2D eigenvalue weighted by molar-refractivity contribution is -0.193. The van der Waals surface area contributed by atoms with Crippen molar-refractivity contribution in [3.8, 4) is 0 Å². The van der Waals surface area contributed by atoms with Crippen LogP contribution in [0.25, 0.3) is 0 Å². The van der Waals surface area contributed by atoms with Gasteiger partial charge in [-0.25, -0.2) is 4.79 Å². The zero-order chi connectivity index (χ0) is 25.5. The lowest BCUT2D eigenvalue weighted by atomic mass is 9.82. The number of aliphatic hydroxyl groups is 1. The molecule has 0 atom stereocenters. The third-order valence-corrected chi connectivity index (χ3v) is 5.71. The number of hydrogen-bond donors (Lipinski definition) is 1. The van der Waals surface area contributed by atoms with Crippen molar-refractivity contribution in [3.05, 3.63) is 12.2 Å². The van der Waals surface area contributed by atoms with E-state index >= 15 is 0 Å². The first-order valence-corrected chi connectivity index (χ1v) is 12.1. The predicted octanol–water partition coefficient (Wildman–Crippen LogP) is 2.15. The molecule has 0 saturated heterocycles. The van der Waals surface area contributed by atoms with E-state index < -0.39 is 11.9 Å². The molecular formula is C24H38N2O8. The molecule has 34 heavy (non-hydrogen) atoms. The van der Waals surface area contributed by atoms with Gasteiger partial charge in [0.05, 0.1) is 25.6 Å². The third kappa shape index (κ3) is 10.0. The van der Waals surface area contributed by atoms with E-state index in [1.165, 1.54) is 24.1 Å². The minimum Gasteiger partial charge on any atom is -0.465 e. The van der Waals surface area contributed by atoms with Gasteiger partial charge >= 0.3 is 11.9 Å². The van der Waals surface area contributed by atoms with E-state index in [0.29, 0.717) is 38.6 Å². The Hall–Kier alpha value is -2.75. The predicted molar refractivity (Wildman–Crippen MR) is 123 cm³/mol. The van der Waals surface area contributed by atoms with E-state index in [-0.39, 0.29) is 55.7 Å². The molecule has 192 valence electrons.